The molecule has 2 rings (SSSR count). The molecule has 3 atom stereocenters. The van der Waals surface area contributed by atoms with Crippen LogP contribution in [0.5, 0.6) is 5.75 Å². The number of alkyl halides is 1. The molecule has 1 aliphatic rings. The molecule has 2 amide bonds. The Balaban J connectivity index is 1.94. The minimum absolute atomic E-state index is 0.0444. The lowest BCUT2D eigenvalue weighted by atomic mass is 10.1. The predicted molar refractivity (Wildman–Crippen MR) is 95.8 cm³/mol. The summed E-state index contributed by atoms with van der Waals surface area (Å²) in [6, 6.07) is 6.99. The maximum atomic E-state index is 14.2. The molecule has 1 heterocycles. The SMILES string of the molecule is CC(=O)N[C@@H](C)c1ccc(O[C@H]2CN(C(=O)OC(C)(C)C)C[C@H]2F)cc1. The fourth-order valence-corrected chi connectivity index (χ4v) is 2.72. The first-order chi connectivity index (χ1) is 12.0. The van der Waals surface area contributed by atoms with Crippen molar-refractivity contribution in [3.8, 4) is 5.75 Å². The highest BCUT2D eigenvalue weighted by atomic mass is 19.1. The Labute approximate surface area is 153 Å². The molecular formula is C19H27FN2O4. The second-order valence-electron chi connectivity index (χ2n) is 7.55. The Morgan fingerprint density at radius 2 is 1.85 bits per heavy atom. The van der Waals surface area contributed by atoms with Crippen LogP contribution in [0.3, 0.4) is 0 Å². The summed E-state index contributed by atoms with van der Waals surface area (Å²) in [7, 11) is 0. The van der Waals surface area contributed by atoms with E-state index in [1.165, 1.54) is 11.8 Å². The quantitative estimate of drug-likeness (QED) is 0.888. The lowest BCUT2D eigenvalue weighted by Crippen LogP contribution is -2.36. The molecule has 7 heteroatoms. The minimum Gasteiger partial charge on any atom is -0.485 e. The van der Waals surface area contributed by atoms with E-state index in [-0.39, 0.29) is 25.0 Å². The van der Waals surface area contributed by atoms with Crippen LogP contribution in [-0.2, 0) is 9.53 Å². The van der Waals surface area contributed by atoms with Crippen LogP contribution in [0.2, 0.25) is 0 Å². The first-order valence-electron chi connectivity index (χ1n) is 8.71. The van der Waals surface area contributed by atoms with Gasteiger partial charge in [0, 0.05) is 6.92 Å². The molecular weight excluding hydrogens is 339 g/mol. The summed E-state index contributed by atoms with van der Waals surface area (Å²) in [5.41, 5.74) is 0.300. The van der Waals surface area contributed by atoms with E-state index in [1.54, 1.807) is 32.9 Å². The molecule has 144 valence electrons. The number of nitrogens with zero attached hydrogens (tertiary/aromatic N) is 1. The second kappa shape index (κ2) is 7.93. The number of carbonyl (C=O) groups excluding carboxylic acids is 2. The van der Waals surface area contributed by atoms with Gasteiger partial charge >= 0.3 is 6.09 Å². The zero-order valence-corrected chi connectivity index (χ0v) is 15.9. The van der Waals surface area contributed by atoms with E-state index >= 15 is 0 Å². The maximum absolute atomic E-state index is 14.2. The number of ether oxygens (including phenoxy) is 2. The van der Waals surface area contributed by atoms with Gasteiger partial charge in [0.25, 0.3) is 0 Å². The summed E-state index contributed by atoms with van der Waals surface area (Å²) < 4.78 is 25.2. The molecule has 1 aliphatic heterocycles. The number of rotatable bonds is 4. The molecule has 1 aromatic carbocycles. The number of hydrogen-bond donors (Lipinski definition) is 1. The predicted octanol–water partition coefficient (Wildman–Crippen LogP) is 3.22. The topological polar surface area (TPSA) is 67.9 Å². The Morgan fingerprint density at radius 3 is 2.38 bits per heavy atom. The Kier molecular flexibility index (Phi) is 6.10. The van der Waals surface area contributed by atoms with Gasteiger partial charge in [-0.3, -0.25) is 4.79 Å². The first kappa shape index (κ1) is 20.0. The van der Waals surface area contributed by atoms with Crippen LogP contribution in [0, 0.1) is 0 Å². The third kappa shape index (κ3) is 5.61. The van der Waals surface area contributed by atoms with Crippen LogP contribution in [0.15, 0.2) is 24.3 Å². The van der Waals surface area contributed by atoms with Crippen molar-refractivity contribution < 1.29 is 23.5 Å². The van der Waals surface area contributed by atoms with Gasteiger partial charge in [0.1, 0.15) is 17.5 Å². The smallest absolute Gasteiger partial charge is 0.410 e. The molecule has 1 N–H and O–H groups in total. The van der Waals surface area contributed by atoms with Gasteiger partial charge in [0.15, 0.2) is 6.17 Å². The molecule has 0 bridgehead atoms. The number of carbonyl (C=O) groups is 2. The van der Waals surface area contributed by atoms with E-state index in [9.17, 15) is 14.0 Å². The van der Waals surface area contributed by atoms with Gasteiger partial charge in [-0.25, -0.2) is 9.18 Å². The fourth-order valence-electron chi connectivity index (χ4n) is 2.72. The summed E-state index contributed by atoms with van der Waals surface area (Å²) in [6.07, 6.45) is -2.55. The van der Waals surface area contributed by atoms with Crippen molar-refractivity contribution in [2.45, 2.75) is 58.5 Å². The number of likely N-dealkylation sites (tertiary alicyclic amines) is 1. The van der Waals surface area contributed by atoms with E-state index in [0.717, 1.165) is 5.56 Å². The summed E-state index contributed by atoms with van der Waals surface area (Å²) in [4.78, 5) is 24.5. The number of halogens is 1. The zero-order valence-electron chi connectivity index (χ0n) is 15.9. The van der Waals surface area contributed by atoms with Crippen LogP contribution in [0.4, 0.5) is 9.18 Å². The molecule has 1 fully saturated rings. The molecule has 0 spiro atoms. The van der Waals surface area contributed by atoms with Crippen molar-refractivity contribution in [3.63, 3.8) is 0 Å². The van der Waals surface area contributed by atoms with Gasteiger partial charge in [0.2, 0.25) is 5.91 Å². The van der Waals surface area contributed by atoms with Gasteiger partial charge in [-0.2, -0.15) is 0 Å². The van der Waals surface area contributed by atoms with Crippen molar-refractivity contribution in [1.29, 1.82) is 0 Å². The van der Waals surface area contributed by atoms with Gasteiger partial charge in [-0.05, 0) is 45.4 Å². The van der Waals surface area contributed by atoms with Gasteiger partial charge in [-0.1, -0.05) is 12.1 Å². The third-order valence-electron chi connectivity index (χ3n) is 3.94. The average Bonchev–Trinajstić information content (AvgIpc) is 2.87. The average molecular weight is 366 g/mol. The molecule has 0 radical (unpaired) electrons. The van der Waals surface area contributed by atoms with Gasteiger partial charge < -0.3 is 19.7 Å². The van der Waals surface area contributed by atoms with E-state index < -0.39 is 24.0 Å². The number of amides is 2. The summed E-state index contributed by atoms with van der Waals surface area (Å²) in [6.45, 7) is 8.75. The third-order valence-corrected chi connectivity index (χ3v) is 3.94. The van der Waals surface area contributed by atoms with Crippen molar-refractivity contribution in [2.75, 3.05) is 13.1 Å². The van der Waals surface area contributed by atoms with Crippen LogP contribution in [-0.4, -0.2) is 47.9 Å². The highest BCUT2D eigenvalue weighted by Gasteiger charge is 2.38. The Morgan fingerprint density at radius 1 is 1.23 bits per heavy atom. The van der Waals surface area contributed by atoms with E-state index in [2.05, 4.69) is 5.32 Å². The molecule has 0 saturated carbocycles. The van der Waals surface area contributed by atoms with Crippen molar-refractivity contribution in [1.82, 2.24) is 10.2 Å². The van der Waals surface area contributed by atoms with Crippen molar-refractivity contribution in [3.05, 3.63) is 29.8 Å². The number of hydrogen-bond acceptors (Lipinski definition) is 4. The van der Waals surface area contributed by atoms with Crippen LogP contribution in [0.25, 0.3) is 0 Å². The maximum Gasteiger partial charge on any atom is 0.410 e. The van der Waals surface area contributed by atoms with Crippen LogP contribution in [0.1, 0.15) is 46.2 Å². The normalized spacial score (nSPS) is 21.2. The zero-order chi connectivity index (χ0) is 19.5. The Hall–Kier alpha value is -2.31. The monoisotopic (exact) mass is 366 g/mol. The van der Waals surface area contributed by atoms with Crippen molar-refractivity contribution >= 4 is 12.0 Å². The molecule has 26 heavy (non-hydrogen) atoms. The lowest BCUT2D eigenvalue weighted by molar-refractivity contribution is -0.119. The first-order valence-corrected chi connectivity index (χ1v) is 8.71. The fraction of sp³-hybridized carbons (Fsp3) is 0.579. The van der Waals surface area contributed by atoms with E-state index in [4.69, 9.17) is 9.47 Å². The second-order valence-corrected chi connectivity index (χ2v) is 7.55. The van der Waals surface area contributed by atoms with Crippen molar-refractivity contribution in [2.24, 2.45) is 0 Å². The van der Waals surface area contributed by atoms with E-state index in [1.807, 2.05) is 19.1 Å². The standard InChI is InChI=1S/C19H27FN2O4/c1-12(21-13(2)23)14-6-8-15(9-7-14)25-17-11-22(10-16(17)20)18(24)26-19(3,4)5/h6-9,12,16-17H,10-11H2,1-5H3,(H,21,23)/t12-,16+,17-/m0/s1. The highest BCUT2D eigenvalue weighted by Crippen LogP contribution is 2.24. The molecule has 1 saturated heterocycles. The molecule has 0 unspecified atom stereocenters. The number of nitrogens with one attached hydrogen (secondary N) is 1. The highest BCUT2D eigenvalue weighted by molar-refractivity contribution is 5.73. The summed E-state index contributed by atoms with van der Waals surface area (Å²) in [5.74, 6) is 0.411. The lowest BCUT2D eigenvalue weighted by Gasteiger charge is -2.24. The molecule has 0 aliphatic carbocycles. The molecule has 1 aromatic rings. The number of benzene rings is 1. The summed E-state index contributed by atoms with van der Waals surface area (Å²) in [5, 5.41) is 2.80. The molecule has 6 nitrogen and oxygen atoms in total. The largest absolute Gasteiger partial charge is 0.485 e. The minimum atomic E-state index is -1.28. The Bertz CT molecular complexity index is 642. The van der Waals surface area contributed by atoms with E-state index in [0.29, 0.717) is 5.75 Å². The van der Waals surface area contributed by atoms with Gasteiger partial charge in [0.05, 0.1) is 19.1 Å². The summed E-state index contributed by atoms with van der Waals surface area (Å²) >= 11 is 0. The van der Waals surface area contributed by atoms with Gasteiger partial charge in [-0.15, -0.1) is 0 Å². The molecule has 0 aromatic heterocycles. The van der Waals surface area contributed by atoms with Crippen LogP contribution >= 0.6 is 0 Å². The van der Waals surface area contributed by atoms with Crippen LogP contribution < -0.4 is 10.1 Å².